The van der Waals surface area contributed by atoms with Crippen molar-refractivity contribution in [2.75, 3.05) is 0 Å². The third kappa shape index (κ3) is 2.10. The van der Waals surface area contributed by atoms with Crippen LogP contribution in [0.5, 0.6) is 0 Å². The molecule has 2 aromatic rings. The average molecular weight is 237 g/mol. The van der Waals surface area contributed by atoms with E-state index in [0.717, 1.165) is 28.8 Å². The Morgan fingerprint density at radius 2 is 1.89 bits per heavy atom. The molecule has 90 valence electrons. The Morgan fingerprint density at radius 1 is 1.17 bits per heavy atom. The highest BCUT2D eigenvalue weighted by Crippen LogP contribution is 2.22. The maximum atomic E-state index is 9.17. The van der Waals surface area contributed by atoms with Gasteiger partial charge in [-0.2, -0.15) is 5.26 Å². The fraction of sp³-hybridized carbons (Fsp3) is 0.267. The first-order valence-corrected chi connectivity index (χ1v) is 6.01. The van der Waals surface area contributed by atoms with Gasteiger partial charge in [-0.25, -0.2) is 9.97 Å². The van der Waals surface area contributed by atoms with Gasteiger partial charge in [0.15, 0.2) is 5.82 Å². The van der Waals surface area contributed by atoms with Gasteiger partial charge in [-0.3, -0.25) is 0 Å². The van der Waals surface area contributed by atoms with E-state index in [1.54, 1.807) is 0 Å². The number of aromatic nitrogens is 2. The third-order valence-electron chi connectivity index (χ3n) is 3.06. The fourth-order valence-electron chi connectivity index (χ4n) is 2.06. The summed E-state index contributed by atoms with van der Waals surface area (Å²) in [5.41, 5.74) is 4.42. The molecule has 3 heteroatoms. The van der Waals surface area contributed by atoms with Gasteiger partial charge in [0.05, 0.1) is 0 Å². The van der Waals surface area contributed by atoms with E-state index in [1.165, 1.54) is 0 Å². The second-order valence-corrected chi connectivity index (χ2v) is 4.24. The molecule has 1 aromatic heterocycles. The van der Waals surface area contributed by atoms with Gasteiger partial charge in [0.25, 0.3) is 0 Å². The summed E-state index contributed by atoms with van der Waals surface area (Å²) >= 11 is 0. The van der Waals surface area contributed by atoms with Crippen molar-refractivity contribution in [1.29, 1.82) is 5.26 Å². The van der Waals surface area contributed by atoms with Gasteiger partial charge in [-0.1, -0.05) is 31.2 Å². The number of aryl methyl sites for hydroxylation is 2. The molecule has 0 saturated heterocycles. The minimum absolute atomic E-state index is 0.489. The first-order chi connectivity index (χ1) is 8.67. The topological polar surface area (TPSA) is 49.6 Å². The molecule has 0 aliphatic rings. The largest absolute Gasteiger partial charge is 0.233 e. The van der Waals surface area contributed by atoms with Crippen LogP contribution in [0.4, 0.5) is 0 Å². The molecule has 1 heterocycles. The number of hydrogen-bond acceptors (Lipinski definition) is 3. The highest BCUT2D eigenvalue weighted by atomic mass is 14.9. The van der Waals surface area contributed by atoms with Crippen molar-refractivity contribution in [2.45, 2.75) is 27.2 Å². The Hall–Kier alpha value is -2.21. The molecule has 18 heavy (non-hydrogen) atoms. The molecule has 0 unspecified atom stereocenters. The summed E-state index contributed by atoms with van der Waals surface area (Å²) in [6.07, 6.45) is 0.781. The quantitative estimate of drug-likeness (QED) is 0.806. The van der Waals surface area contributed by atoms with Crippen molar-refractivity contribution in [1.82, 2.24) is 9.97 Å². The van der Waals surface area contributed by atoms with Crippen LogP contribution in [0, 0.1) is 25.2 Å². The van der Waals surface area contributed by atoms with E-state index in [9.17, 15) is 5.26 Å². The van der Waals surface area contributed by atoms with Crippen LogP contribution in [-0.4, -0.2) is 9.97 Å². The van der Waals surface area contributed by atoms with Gasteiger partial charge in [-0.15, -0.1) is 0 Å². The van der Waals surface area contributed by atoms with E-state index in [4.69, 9.17) is 0 Å². The van der Waals surface area contributed by atoms with Crippen molar-refractivity contribution in [3.05, 3.63) is 46.8 Å². The summed E-state index contributed by atoms with van der Waals surface area (Å²) in [4.78, 5) is 8.90. The number of benzene rings is 1. The Morgan fingerprint density at radius 3 is 2.50 bits per heavy atom. The van der Waals surface area contributed by atoms with Gasteiger partial charge in [0.1, 0.15) is 11.8 Å². The van der Waals surface area contributed by atoms with Crippen LogP contribution in [-0.2, 0) is 6.42 Å². The molecule has 0 bridgehead atoms. The van der Waals surface area contributed by atoms with E-state index in [1.807, 2.05) is 45.0 Å². The second kappa shape index (κ2) is 4.97. The van der Waals surface area contributed by atoms with Crippen molar-refractivity contribution < 1.29 is 0 Å². The predicted molar refractivity (Wildman–Crippen MR) is 71.0 cm³/mol. The Bertz CT molecular complexity index is 624. The lowest BCUT2D eigenvalue weighted by Gasteiger charge is -2.09. The Kier molecular flexibility index (Phi) is 3.38. The van der Waals surface area contributed by atoms with Crippen LogP contribution in [0.25, 0.3) is 11.4 Å². The van der Waals surface area contributed by atoms with Crippen LogP contribution in [0.3, 0.4) is 0 Å². The van der Waals surface area contributed by atoms with Crippen LogP contribution in [0.2, 0.25) is 0 Å². The summed E-state index contributed by atoms with van der Waals surface area (Å²) < 4.78 is 0. The summed E-state index contributed by atoms with van der Waals surface area (Å²) in [7, 11) is 0. The van der Waals surface area contributed by atoms with Gasteiger partial charge < -0.3 is 0 Å². The molecular weight excluding hydrogens is 222 g/mol. The van der Waals surface area contributed by atoms with E-state index in [-0.39, 0.29) is 0 Å². The molecule has 1 aromatic carbocycles. The second-order valence-electron chi connectivity index (χ2n) is 4.24. The van der Waals surface area contributed by atoms with Crippen LogP contribution < -0.4 is 0 Å². The van der Waals surface area contributed by atoms with E-state index in [0.29, 0.717) is 11.5 Å². The minimum atomic E-state index is 0.489. The molecule has 0 saturated carbocycles. The SMILES string of the molecule is CCc1c(C)nc(-c2ccccc2C)nc1C#N. The molecule has 3 nitrogen and oxygen atoms in total. The minimum Gasteiger partial charge on any atom is -0.233 e. The smallest absolute Gasteiger partial charge is 0.161 e. The Balaban J connectivity index is 2.65. The normalized spacial score (nSPS) is 10.1. The molecule has 0 N–H and O–H groups in total. The lowest BCUT2D eigenvalue weighted by molar-refractivity contribution is 0.983. The van der Waals surface area contributed by atoms with Crippen molar-refractivity contribution in [3.63, 3.8) is 0 Å². The zero-order valence-electron chi connectivity index (χ0n) is 10.9. The molecule has 0 amide bonds. The standard InChI is InChI=1S/C15H15N3/c1-4-12-11(3)17-15(18-14(12)9-16)13-8-6-5-7-10(13)2/h5-8H,4H2,1-3H3. The predicted octanol–water partition coefficient (Wildman–Crippen LogP) is 3.19. The summed E-state index contributed by atoms with van der Waals surface area (Å²) in [5.74, 6) is 0.638. The van der Waals surface area contributed by atoms with E-state index in [2.05, 4.69) is 16.0 Å². The summed E-state index contributed by atoms with van der Waals surface area (Å²) in [6.45, 7) is 5.97. The number of nitrogens with zero attached hydrogens (tertiary/aromatic N) is 3. The van der Waals surface area contributed by atoms with Crippen molar-refractivity contribution in [2.24, 2.45) is 0 Å². The van der Waals surface area contributed by atoms with Gasteiger partial charge in [0, 0.05) is 16.8 Å². The van der Waals surface area contributed by atoms with Crippen LogP contribution >= 0.6 is 0 Å². The molecule has 0 aliphatic carbocycles. The molecule has 0 radical (unpaired) electrons. The molecular formula is C15H15N3. The summed E-state index contributed by atoms with van der Waals surface area (Å²) in [6, 6.07) is 10.1. The molecule has 2 rings (SSSR count). The zero-order valence-corrected chi connectivity index (χ0v) is 10.9. The third-order valence-corrected chi connectivity index (χ3v) is 3.06. The van der Waals surface area contributed by atoms with Gasteiger partial charge in [-0.05, 0) is 25.8 Å². The zero-order chi connectivity index (χ0) is 13.1. The van der Waals surface area contributed by atoms with E-state index < -0.39 is 0 Å². The highest BCUT2D eigenvalue weighted by Gasteiger charge is 2.12. The molecule has 0 fully saturated rings. The number of rotatable bonds is 2. The fourth-order valence-corrected chi connectivity index (χ4v) is 2.06. The van der Waals surface area contributed by atoms with Gasteiger partial charge in [0.2, 0.25) is 0 Å². The van der Waals surface area contributed by atoms with Gasteiger partial charge >= 0.3 is 0 Å². The monoisotopic (exact) mass is 237 g/mol. The maximum absolute atomic E-state index is 9.17. The Labute approximate surface area is 107 Å². The molecule has 0 spiro atoms. The lowest BCUT2D eigenvalue weighted by Crippen LogP contribution is -2.03. The molecule has 0 atom stereocenters. The number of nitriles is 1. The number of hydrogen-bond donors (Lipinski definition) is 0. The maximum Gasteiger partial charge on any atom is 0.161 e. The summed E-state index contributed by atoms with van der Waals surface area (Å²) in [5, 5.41) is 9.17. The molecule has 0 aliphatic heterocycles. The van der Waals surface area contributed by atoms with Crippen molar-refractivity contribution in [3.8, 4) is 17.5 Å². The van der Waals surface area contributed by atoms with Crippen LogP contribution in [0.1, 0.15) is 29.4 Å². The van der Waals surface area contributed by atoms with Crippen LogP contribution in [0.15, 0.2) is 24.3 Å². The lowest BCUT2D eigenvalue weighted by atomic mass is 10.1. The first kappa shape index (κ1) is 12.3. The first-order valence-electron chi connectivity index (χ1n) is 6.01. The van der Waals surface area contributed by atoms with E-state index >= 15 is 0 Å². The highest BCUT2D eigenvalue weighted by molar-refractivity contribution is 5.61. The van der Waals surface area contributed by atoms with Crippen molar-refractivity contribution >= 4 is 0 Å². The average Bonchev–Trinajstić information content (AvgIpc) is 2.38.